The SMILES string of the molecule is CCO[Si]1(CCc2ccc(CCl)cc2)OCCO1. The molecule has 0 spiro atoms. The molecule has 1 aliphatic rings. The summed E-state index contributed by atoms with van der Waals surface area (Å²) in [6.45, 7) is 3.96. The number of alkyl halides is 1. The van der Waals surface area contributed by atoms with E-state index in [2.05, 4.69) is 24.3 Å². The number of benzene rings is 1. The molecule has 1 fully saturated rings. The fourth-order valence-corrected chi connectivity index (χ4v) is 4.73. The molecular formula is C13H19ClO3Si. The third-order valence-corrected chi connectivity index (χ3v) is 6.18. The Balaban J connectivity index is 1.92. The Bertz CT molecular complexity index is 363. The Kier molecular flexibility index (Phi) is 5.21. The van der Waals surface area contributed by atoms with E-state index < -0.39 is 8.80 Å². The lowest BCUT2D eigenvalue weighted by Crippen LogP contribution is -2.41. The first-order chi connectivity index (χ1) is 8.78. The number of hydrogen-bond acceptors (Lipinski definition) is 3. The molecule has 0 unspecified atom stereocenters. The summed E-state index contributed by atoms with van der Waals surface area (Å²) >= 11 is 5.77. The minimum Gasteiger partial charge on any atom is -0.374 e. The van der Waals surface area contributed by atoms with Gasteiger partial charge < -0.3 is 13.3 Å². The summed E-state index contributed by atoms with van der Waals surface area (Å²) in [4.78, 5) is 0. The Morgan fingerprint density at radius 3 is 2.33 bits per heavy atom. The number of aryl methyl sites for hydroxylation is 1. The van der Waals surface area contributed by atoms with Gasteiger partial charge in [-0.15, -0.1) is 11.6 Å². The van der Waals surface area contributed by atoms with Gasteiger partial charge in [0.2, 0.25) is 0 Å². The Labute approximate surface area is 114 Å². The van der Waals surface area contributed by atoms with Crippen LogP contribution < -0.4 is 0 Å². The van der Waals surface area contributed by atoms with Crippen molar-refractivity contribution in [1.29, 1.82) is 0 Å². The van der Waals surface area contributed by atoms with Gasteiger partial charge in [0.25, 0.3) is 0 Å². The Morgan fingerprint density at radius 2 is 1.78 bits per heavy atom. The molecule has 5 heteroatoms. The molecule has 0 atom stereocenters. The van der Waals surface area contributed by atoms with Gasteiger partial charge in [0, 0.05) is 18.5 Å². The first kappa shape index (κ1) is 14.0. The highest BCUT2D eigenvalue weighted by Gasteiger charge is 2.44. The van der Waals surface area contributed by atoms with Crippen LogP contribution in [0.1, 0.15) is 18.1 Å². The first-order valence-corrected chi connectivity index (χ1v) is 8.80. The fourth-order valence-electron chi connectivity index (χ4n) is 2.05. The topological polar surface area (TPSA) is 27.7 Å². The van der Waals surface area contributed by atoms with Crippen LogP contribution in [-0.4, -0.2) is 28.6 Å². The molecule has 1 saturated heterocycles. The van der Waals surface area contributed by atoms with Gasteiger partial charge in [-0.1, -0.05) is 24.3 Å². The van der Waals surface area contributed by atoms with Gasteiger partial charge >= 0.3 is 8.80 Å². The van der Waals surface area contributed by atoms with Crippen molar-refractivity contribution in [1.82, 2.24) is 0 Å². The van der Waals surface area contributed by atoms with Crippen LogP contribution in [0.4, 0.5) is 0 Å². The number of rotatable bonds is 6. The average molecular weight is 287 g/mol. The number of hydrogen-bond donors (Lipinski definition) is 0. The van der Waals surface area contributed by atoms with E-state index >= 15 is 0 Å². The van der Waals surface area contributed by atoms with Gasteiger partial charge in [-0.2, -0.15) is 0 Å². The maximum Gasteiger partial charge on any atom is 0.501 e. The van der Waals surface area contributed by atoms with Gasteiger partial charge in [0.15, 0.2) is 0 Å². The van der Waals surface area contributed by atoms with E-state index in [1.54, 1.807) is 0 Å². The zero-order chi connectivity index (χ0) is 12.8. The first-order valence-electron chi connectivity index (χ1n) is 6.33. The molecule has 100 valence electrons. The maximum absolute atomic E-state index is 5.77. The third-order valence-electron chi connectivity index (χ3n) is 2.99. The zero-order valence-electron chi connectivity index (χ0n) is 10.7. The summed E-state index contributed by atoms with van der Waals surface area (Å²) in [5.41, 5.74) is 2.42. The summed E-state index contributed by atoms with van der Waals surface area (Å²) < 4.78 is 17.2. The summed E-state index contributed by atoms with van der Waals surface area (Å²) in [6.07, 6.45) is 0.925. The zero-order valence-corrected chi connectivity index (χ0v) is 12.4. The van der Waals surface area contributed by atoms with Crippen molar-refractivity contribution in [2.45, 2.75) is 25.3 Å². The van der Waals surface area contributed by atoms with E-state index in [1.165, 1.54) is 5.56 Å². The monoisotopic (exact) mass is 286 g/mol. The quantitative estimate of drug-likeness (QED) is 0.594. The molecular weight excluding hydrogens is 268 g/mol. The van der Waals surface area contributed by atoms with Gasteiger partial charge in [-0.3, -0.25) is 0 Å². The van der Waals surface area contributed by atoms with Crippen molar-refractivity contribution in [2.24, 2.45) is 0 Å². The van der Waals surface area contributed by atoms with Crippen molar-refractivity contribution in [2.75, 3.05) is 19.8 Å². The molecule has 1 heterocycles. The summed E-state index contributed by atoms with van der Waals surface area (Å²) in [6, 6.07) is 9.20. The molecule has 0 amide bonds. The van der Waals surface area contributed by atoms with Crippen LogP contribution in [-0.2, 0) is 25.6 Å². The second-order valence-electron chi connectivity index (χ2n) is 4.26. The van der Waals surface area contributed by atoms with E-state index in [9.17, 15) is 0 Å². The highest BCUT2D eigenvalue weighted by atomic mass is 35.5. The van der Waals surface area contributed by atoms with Crippen LogP contribution in [0.5, 0.6) is 0 Å². The fraction of sp³-hybridized carbons (Fsp3) is 0.538. The molecule has 2 rings (SSSR count). The van der Waals surface area contributed by atoms with Crippen LogP contribution in [0, 0.1) is 0 Å². The van der Waals surface area contributed by atoms with Crippen molar-refractivity contribution >= 4 is 20.4 Å². The van der Waals surface area contributed by atoms with Crippen LogP contribution in [0.25, 0.3) is 0 Å². The predicted molar refractivity (Wildman–Crippen MR) is 73.8 cm³/mol. The molecule has 1 aliphatic heterocycles. The molecule has 0 aromatic heterocycles. The highest BCUT2D eigenvalue weighted by molar-refractivity contribution is 6.61. The van der Waals surface area contributed by atoms with Gasteiger partial charge in [-0.25, -0.2) is 0 Å². The molecule has 3 nitrogen and oxygen atoms in total. The van der Waals surface area contributed by atoms with Crippen molar-refractivity contribution in [3.63, 3.8) is 0 Å². The average Bonchev–Trinajstić information content (AvgIpc) is 2.87. The van der Waals surface area contributed by atoms with Gasteiger partial charge in [0.05, 0.1) is 13.2 Å². The van der Waals surface area contributed by atoms with E-state index in [4.69, 9.17) is 24.9 Å². The van der Waals surface area contributed by atoms with Crippen molar-refractivity contribution < 1.29 is 13.3 Å². The standard InChI is InChI=1S/C13H19ClO3Si/c1-2-15-18(16-8-9-17-18)10-7-12-3-5-13(11-14)6-4-12/h3-6H,2,7-11H2,1H3. The molecule has 0 radical (unpaired) electrons. The van der Waals surface area contributed by atoms with E-state index in [0.717, 1.165) is 18.0 Å². The van der Waals surface area contributed by atoms with E-state index in [0.29, 0.717) is 25.7 Å². The molecule has 0 N–H and O–H groups in total. The molecule has 1 aromatic carbocycles. The second kappa shape index (κ2) is 6.68. The largest absolute Gasteiger partial charge is 0.501 e. The van der Waals surface area contributed by atoms with Gasteiger partial charge in [-0.05, 0) is 24.5 Å². The number of halogens is 1. The minimum absolute atomic E-state index is 0.560. The molecule has 0 saturated carbocycles. The summed E-state index contributed by atoms with van der Waals surface area (Å²) in [7, 11) is -2.36. The molecule has 0 bridgehead atoms. The maximum atomic E-state index is 5.77. The van der Waals surface area contributed by atoms with Crippen LogP contribution in [0.15, 0.2) is 24.3 Å². The normalized spacial score (nSPS) is 18.1. The lowest BCUT2D eigenvalue weighted by molar-refractivity contribution is 0.149. The van der Waals surface area contributed by atoms with E-state index in [1.807, 2.05) is 6.92 Å². The van der Waals surface area contributed by atoms with Crippen molar-refractivity contribution in [3.8, 4) is 0 Å². The Morgan fingerprint density at radius 1 is 1.17 bits per heavy atom. The lowest BCUT2D eigenvalue weighted by Gasteiger charge is -2.22. The third kappa shape index (κ3) is 3.55. The van der Waals surface area contributed by atoms with Crippen LogP contribution >= 0.6 is 11.6 Å². The highest BCUT2D eigenvalue weighted by Crippen LogP contribution is 2.23. The molecule has 18 heavy (non-hydrogen) atoms. The summed E-state index contributed by atoms with van der Waals surface area (Å²) in [5.74, 6) is 0.560. The Hall–Kier alpha value is -0.393. The van der Waals surface area contributed by atoms with Crippen molar-refractivity contribution in [3.05, 3.63) is 35.4 Å². The van der Waals surface area contributed by atoms with Crippen LogP contribution in [0.3, 0.4) is 0 Å². The smallest absolute Gasteiger partial charge is 0.374 e. The predicted octanol–water partition coefficient (Wildman–Crippen LogP) is 2.99. The lowest BCUT2D eigenvalue weighted by atomic mass is 10.1. The summed E-state index contributed by atoms with van der Waals surface area (Å²) in [5, 5.41) is 0. The minimum atomic E-state index is -2.36. The second-order valence-corrected chi connectivity index (χ2v) is 7.26. The molecule has 1 aromatic rings. The van der Waals surface area contributed by atoms with Crippen LogP contribution in [0.2, 0.25) is 6.04 Å². The van der Waals surface area contributed by atoms with E-state index in [-0.39, 0.29) is 0 Å². The molecule has 0 aliphatic carbocycles. The van der Waals surface area contributed by atoms with Gasteiger partial charge in [0.1, 0.15) is 0 Å².